The third kappa shape index (κ3) is 6.74. The van der Waals surface area contributed by atoms with Crippen LogP contribution < -0.4 is 5.32 Å². The number of esters is 2. The van der Waals surface area contributed by atoms with Gasteiger partial charge in [-0.05, 0) is 55.2 Å². The summed E-state index contributed by atoms with van der Waals surface area (Å²) in [4.78, 5) is 37.7. The van der Waals surface area contributed by atoms with E-state index in [9.17, 15) is 24.6 Å². The zero-order chi connectivity index (χ0) is 23.0. The first-order chi connectivity index (χ1) is 14.7. The average Bonchev–Trinajstić information content (AvgIpc) is 2.75. The minimum Gasteiger partial charge on any atom is -0.508 e. The summed E-state index contributed by atoms with van der Waals surface area (Å²) in [5, 5.41) is 21.7. The first kappa shape index (κ1) is 23.7. The van der Waals surface area contributed by atoms with Gasteiger partial charge < -0.3 is 25.0 Å². The number of carbonyl (C=O) groups excluding carboxylic acids is 3. The molecule has 0 radical (unpaired) electrons. The molecule has 0 aliphatic rings. The number of rotatable bonds is 9. The number of hydrogen-bond donors (Lipinski definition) is 3. The molecule has 0 aliphatic heterocycles. The fraction of sp³-hybridized carbons (Fsp3) is 0.348. The third-order valence-corrected chi connectivity index (χ3v) is 4.77. The highest BCUT2D eigenvalue weighted by Gasteiger charge is 2.32. The fourth-order valence-corrected chi connectivity index (χ4v) is 3.08. The molecule has 0 heterocycles. The average molecular weight is 429 g/mol. The highest BCUT2D eigenvalue weighted by Crippen LogP contribution is 2.20. The second kappa shape index (κ2) is 11.0. The summed E-state index contributed by atoms with van der Waals surface area (Å²) < 4.78 is 9.86. The largest absolute Gasteiger partial charge is 0.508 e. The van der Waals surface area contributed by atoms with Crippen LogP contribution in [0.4, 0.5) is 0 Å². The summed E-state index contributed by atoms with van der Waals surface area (Å²) in [7, 11) is 1.18. The second-order valence-electron chi connectivity index (χ2n) is 7.08. The highest BCUT2D eigenvalue weighted by molar-refractivity contribution is 5.99. The Kier molecular flexibility index (Phi) is 8.43. The summed E-state index contributed by atoms with van der Waals surface area (Å²) in [6.07, 6.45) is 0.158. The summed E-state index contributed by atoms with van der Waals surface area (Å²) in [6, 6.07) is 9.97. The summed E-state index contributed by atoms with van der Waals surface area (Å²) >= 11 is 0. The molecule has 2 aromatic carbocycles. The molecule has 0 fully saturated rings. The van der Waals surface area contributed by atoms with Gasteiger partial charge in [-0.1, -0.05) is 24.3 Å². The van der Waals surface area contributed by atoms with E-state index in [2.05, 4.69) is 5.32 Å². The molecule has 2 aromatic rings. The predicted octanol–water partition coefficient (Wildman–Crippen LogP) is 2.03. The minimum atomic E-state index is -1.19. The van der Waals surface area contributed by atoms with Gasteiger partial charge >= 0.3 is 11.9 Å². The molecule has 2 rings (SSSR count). The molecule has 166 valence electrons. The number of aromatic hydroxyl groups is 2. The lowest BCUT2D eigenvalue weighted by Crippen LogP contribution is -2.48. The molecule has 3 N–H and O–H groups in total. The quantitative estimate of drug-likeness (QED) is 0.412. The number of carbonyl (C=O) groups is 3. The SMILES string of the molecule is CCOC(=O)C(Cc1ccc(O)cc1)NC(=O)C(Cc1ccc(O)c(C)c1)C(=O)OC. The normalized spacial score (nSPS) is 12.5. The number of methoxy groups -OCH3 is 1. The topological polar surface area (TPSA) is 122 Å². The van der Waals surface area contributed by atoms with E-state index in [1.165, 1.54) is 25.3 Å². The molecule has 2 atom stereocenters. The number of hydrogen-bond acceptors (Lipinski definition) is 7. The smallest absolute Gasteiger partial charge is 0.328 e. The van der Waals surface area contributed by atoms with Gasteiger partial charge in [0.15, 0.2) is 0 Å². The van der Waals surface area contributed by atoms with Crippen molar-refractivity contribution < 1.29 is 34.1 Å². The van der Waals surface area contributed by atoms with Crippen molar-refractivity contribution in [2.45, 2.75) is 32.7 Å². The van der Waals surface area contributed by atoms with Crippen LogP contribution in [0.1, 0.15) is 23.6 Å². The Balaban J connectivity index is 2.22. The van der Waals surface area contributed by atoms with Crippen molar-refractivity contribution in [2.75, 3.05) is 13.7 Å². The van der Waals surface area contributed by atoms with Gasteiger partial charge in [0, 0.05) is 6.42 Å². The lowest BCUT2D eigenvalue weighted by Gasteiger charge is -2.21. The van der Waals surface area contributed by atoms with E-state index in [0.717, 1.165) is 0 Å². The van der Waals surface area contributed by atoms with E-state index in [-0.39, 0.29) is 30.9 Å². The molecule has 2 unspecified atom stereocenters. The molecule has 31 heavy (non-hydrogen) atoms. The highest BCUT2D eigenvalue weighted by atomic mass is 16.5. The first-order valence-corrected chi connectivity index (χ1v) is 9.86. The van der Waals surface area contributed by atoms with Gasteiger partial charge in [0.05, 0.1) is 13.7 Å². The molecular formula is C23H27NO7. The van der Waals surface area contributed by atoms with E-state index >= 15 is 0 Å². The molecule has 0 aliphatic carbocycles. The minimum absolute atomic E-state index is 0.0361. The van der Waals surface area contributed by atoms with Gasteiger partial charge in [-0.25, -0.2) is 4.79 Å². The van der Waals surface area contributed by atoms with Crippen LogP contribution >= 0.6 is 0 Å². The molecule has 8 heteroatoms. The first-order valence-electron chi connectivity index (χ1n) is 9.86. The van der Waals surface area contributed by atoms with E-state index < -0.39 is 29.8 Å². The number of aryl methyl sites for hydroxylation is 1. The van der Waals surface area contributed by atoms with E-state index in [0.29, 0.717) is 16.7 Å². The molecule has 1 amide bonds. The molecule has 0 saturated heterocycles. The third-order valence-electron chi connectivity index (χ3n) is 4.77. The van der Waals surface area contributed by atoms with Crippen molar-refractivity contribution >= 4 is 17.8 Å². The Morgan fingerprint density at radius 2 is 1.61 bits per heavy atom. The zero-order valence-corrected chi connectivity index (χ0v) is 17.8. The van der Waals surface area contributed by atoms with Gasteiger partial charge in [-0.2, -0.15) is 0 Å². The van der Waals surface area contributed by atoms with E-state index in [1.807, 2.05) is 0 Å². The zero-order valence-electron chi connectivity index (χ0n) is 17.8. The van der Waals surface area contributed by atoms with Crippen LogP contribution in [0, 0.1) is 12.8 Å². The van der Waals surface area contributed by atoms with Crippen LogP contribution in [0.25, 0.3) is 0 Å². The molecule has 8 nitrogen and oxygen atoms in total. The van der Waals surface area contributed by atoms with E-state index in [1.54, 1.807) is 38.1 Å². The number of ether oxygens (including phenoxy) is 2. The number of nitrogens with one attached hydrogen (secondary N) is 1. The van der Waals surface area contributed by atoms with Crippen molar-refractivity contribution in [3.63, 3.8) is 0 Å². The Bertz CT molecular complexity index is 924. The lowest BCUT2D eigenvalue weighted by atomic mass is 9.96. The van der Waals surface area contributed by atoms with Crippen molar-refractivity contribution in [3.8, 4) is 11.5 Å². The standard InChI is InChI=1S/C23H27NO7/c1-4-31-23(29)19(13-15-5-8-17(25)9-6-15)24-21(27)18(22(28)30-3)12-16-7-10-20(26)14(2)11-16/h5-11,18-19,25-26H,4,12-13H2,1-3H3,(H,24,27). The number of amides is 1. The van der Waals surface area contributed by atoms with Crippen LogP contribution in [-0.2, 0) is 36.7 Å². The summed E-state index contributed by atoms with van der Waals surface area (Å²) in [6.45, 7) is 3.50. The Hall–Kier alpha value is -3.55. The number of benzene rings is 2. The number of phenols is 2. The maximum absolute atomic E-state index is 13.0. The van der Waals surface area contributed by atoms with Gasteiger partial charge in [-0.3, -0.25) is 9.59 Å². The van der Waals surface area contributed by atoms with Gasteiger partial charge in [0.1, 0.15) is 23.5 Å². The Labute approximate surface area is 180 Å². The Morgan fingerprint density at radius 1 is 0.968 bits per heavy atom. The Morgan fingerprint density at radius 3 is 2.19 bits per heavy atom. The lowest BCUT2D eigenvalue weighted by molar-refractivity contribution is -0.153. The summed E-state index contributed by atoms with van der Waals surface area (Å²) in [5.74, 6) is -3.04. The van der Waals surface area contributed by atoms with E-state index in [4.69, 9.17) is 9.47 Å². The van der Waals surface area contributed by atoms with Crippen molar-refractivity contribution in [2.24, 2.45) is 5.92 Å². The molecule has 0 spiro atoms. The van der Waals surface area contributed by atoms with Gasteiger partial charge in [-0.15, -0.1) is 0 Å². The predicted molar refractivity (Wildman–Crippen MR) is 112 cm³/mol. The van der Waals surface area contributed by atoms with Crippen LogP contribution in [0.15, 0.2) is 42.5 Å². The van der Waals surface area contributed by atoms with Crippen LogP contribution in [0.2, 0.25) is 0 Å². The van der Waals surface area contributed by atoms with Gasteiger partial charge in [0.2, 0.25) is 5.91 Å². The summed E-state index contributed by atoms with van der Waals surface area (Å²) in [5.41, 5.74) is 1.96. The molecule has 0 saturated carbocycles. The van der Waals surface area contributed by atoms with Crippen LogP contribution in [0.3, 0.4) is 0 Å². The molecule has 0 aromatic heterocycles. The van der Waals surface area contributed by atoms with Crippen molar-refractivity contribution in [1.82, 2.24) is 5.32 Å². The molecule has 0 bridgehead atoms. The second-order valence-corrected chi connectivity index (χ2v) is 7.08. The van der Waals surface area contributed by atoms with Crippen LogP contribution in [-0.4, -0.2) is 47.8 Å². The maximum atomic E-state index is 13.0. The van der Waals surface area contributed by atoms with Crippen molar-refractivity contribution in [3.05, 3.63) is 59.2 Å². The van der Waals surface area contributed by atoms with Crippen LogP contribution in [0.5, 0.6) is 11.5 Å². The fourth-order valence-electron chi connectivity index (χ4n) is 3.08. The maximum Gasteiger partial charge on any atom is 0.328 e. The van der Waals surface area contributed by atoms with Gasteiger partial charge in [0.25, 0.3) is 0 Å². The van der Waals surface area contributed by atoms with Crippen molar-refractivity contribution in [1.29, 1.82) is 0 Å². The molecular weight excluding hydrogens is 402 g/mol. The monoisotopic (exact) mass is 429 g/mol. The number of phenolic OH excluding ortho intramolecular Hbond substituents is 2.